The first-order chi connectivity index (χ1) is 24.6. The van der Waals surface area contributed by atoms with Crippen molar-refractivity contribution in [1.82, 2.24) is 0 Å². The Morgan fingerprint density at radius 3 is 1.44 bits per heavy atom. The van der Waals surface area contributed by atoms with E-state index in [2.05, 4.69) is 172 Å². The Morgan fingerprint density at radius 2 is 1.08 bits per heavy atom. The van der Waals surface area contributed by atoms with Gasteiger partial charge in [0.2, 0.25) is 32.2 Å². The molecule has 0 aliphatic carbocycles. The summed E-state index contributed by atoms with van der Waals surface area (Å²) in [5, 5.41) is 0. The van der Waals surface area contributed by atoms with Gasteiger partial charge in [-0.1, -0.05) is 44.0 Å². The quantitative estimate of drug-likeness (QED) is 0.0980. The highest BCUT2D eigenvalue weighted by Gasteiger charge is 2.18. The lowest BCUT2D eigenvalue weighted by atomic mass is 10.1. The molecule has 282 valence electrons. The van der Waals surface area contributed by atoms with E-state index in [9.17, 15) is 25.9 Å². The van der Waals surface area contributed by atoms with Crippen LogP contribution in [0, 0.1) is 0 Å². The molecular weight excluding hydrogens is 705 g/mol. The van der Waals surface area contributed by atoms with E-state index in [1.54, 1.807) is 0 Å². The first kappa shape index (κ1) is 43.7. The van der Waals surface area contributed by atoms with Crippen molar-refractivity contribution < 1.29 is 43.4 Å². The van der Waals surface area contributed by atoms with Crippen LogP contribution in [-0.2, 0) is 43.3 Å². The highest BCUT2D eigenvalue weighted by molar-refractivity contribution is 7.81. The summed E-state index contributed by atoms with van der Waals surface area (Å²) in [6.07, 6.45) is 16.4. The smallest absolute Gasteiger partial charge is 0.217 e. The van der Waals surface area contributed by atoms with E-state index >= 15 is 0 Å². The maximum absolute atomic E-state index is 9.22. The molecule has 0 aliphatic heterocycles. The summed E-state index contributed by atoms with van der Waals surface area (Å²) in [5.74, 6) is 0. The Balaban J connectivity index is 0.000000671. The lowest BCUT2D eigenvalue weighted by Gasteiger charge is -2.34. The van der Waals surface area contributed by atoms with E-state index in [-0.39, 0.29) is 0 Å². The molecule has 0 saturated carbocycles. The molecule has 0 radical (unpaired) electrons. The molecule has 0 spiro atoms. The monoisotopic (exact) mass is 754 g/mol. The Hall–Kier alpha value is -4.44. The first-order valence-electron chi connectivity index (χ1n) is 16.5. The highest BCUT2D eigenvalue weighted by Crippen LogP contribution is 2.23. The van der Waals surface area contributed by atoms with Crippen LogP contribution >= 0.6 is 0 Å². The molecule has 0 bridgehead atoms. The number of hydrogen-bond donors (Lipinski definition) is 0. The van der Waals surface area contributed by atoms with Crippen molar-refractivity contribution in [2.45, 2.75) is 32.2 Å². The Kier molecular flexibility index (Phi) is 18.3. The summed E-state index contributed by atoms with van der Waals surface area (Å²) in [6.45, 7) is 3.24. The number of benzene rings is 2. The van der Waals surface area contributed by atoms with Gasteiger partial charge in [-0.15, -0.1) is 0 Å². The maximum Gasteiger partial charge on any atom is 0.217 e. The summed E-state index contributed by atoms with van der Waals surface area (Å²) >= 11 is 0. The predicted octanol–water partition coefficient (Wildman–Crippen LogP) is 4.99. The number of aromatic nitrogens is 2. The van der Waals surface area contributed by atoms with Gasteiger partial charge >= 0.3 is 0 Å². The van der Waals surface area contributed by atoms with Crippen LogP contribution in [0.1, 0.15) is 48.7 Å². The average Bonchev–Trinajstić information content (AvgIpc) is 3.12. The number of nitrogens with zero attached hydrogens (tertiary/aromatic N) is 4. The second-order valence-corrected chi connectivity index (χ2v) is 14.1. The molecule has 0 amide bonds. The number of likely N-dealkylation sites (N-methyl/N-ethyl adjacent to an activating group) is 2. The number of unbranched alkanes of at least 4 members (excludes halogenated alkanes) is 1. The molecule has 12 nitrogen and oxygen atoms in total. The van der Waals surface area contributed by atoms with Gasteiger partial charge in [0.15, 0.2) is 12.4 Å². The summed E-state index contributed by atoms with van der Waals surface area (Å²) in [5.41, 5.74) is 7.27. The van der Waals surface area contributed by atoms with Gasteiger partial charge < -0.3 is 18.9 Å². The van der Waals surface area contributed by atoms with Crippen molar-refractivity contribution in [1.29, 1.82) is 0 Å². The molecule has 14 heteroatoms. The summed E-state index contributed by atoms with van der Waals surface area (Å²) in [6, 6.07) is 30.7. The second-order valence-electron chi connectivity index (χ2n) is 11.8. The zero-order valence-electron chi connectivity index (χ0n) is 30.8. The third kappa shape index (κ3) is 16.7. The van der Waals surface area contributed by atoms with Gasteiger partial charge in [0.05, 0.1) is 14.2 Å². The zero-order valence-corrected chi connectivity index (χ0v) is 32.5. The third-order valence-electron chi connectivity index (χ3n) is 8.05. The molecule has 1 atom stereocenters. The van der Waals surface area contributed by atoms with Gasteiger partial charge in [-0.3, -0.25) is 8.37 Å². The molecule has 0 fully saturated rings. The second kappa shape index (κ2) is 21.8. The van der Waals surface area contributed by atoms with Crippen molar-refractivity contribution in [3.05, 3.63) is 120 Å². The fourth-order valence-corrected chi connectivity index (χ4v) is 4.92. The molecule has 1 unspecified atom stereocenters. The molecule has 2 aromatic carbocycles. The average molecular weight is 755 g/mol. The van der Waals surface area contributed by atoms with Crippen LogP contribution in [0.25, 0.3) is 24.3 Å². The van der Waals surface area contributed by atoms with Crippen molar-refractivity contribution in [2.24, 2.45) is 14.1 Å². The van der Waals surface area contributed by atoms with Crippen LogP contribution in [0.15, 0.2) is 97.3 Å². The standard InChI is InChI=1S/C36H44N4.2CH4O4S/c1-6-7-12-36(40(5)35-25-19-31(20-26-35)16-22-33-14-9-11-28-38(33)3)29-39(4)34-23-17-30(18-24-34)15-21-32-13-8-10-27-37(32)2;2*1-5-6(2,3)4/h8-11,13-28,36H,6-7,12,29H2,1-5H3;2*1H3,(H,2,3,4)/q+2;;/p-2. The molecule has 2 heterocycles. The number of rotatable bonds is 14. The molecular formula is C38H50N4O8S2. The van der Waals surface area contributed by atoms with E-state index in [0.717, 1.165) is 20.8 Å². The largest absolute Gasteiger partial charge is 0.726 e. The summed E-state index contributed by atoms with van der Waals surface area (Å²) in [7, 11) is 1.38. The fourth-order valence-electron chi connectivity index (χ4n) is 4.92. The lowest BCUT2D eigenvalue weighted by molar-refractivity contribution is -0.673. The normalized spacial score (nSPS) is 12.1. The van der Waals surface area contributed by atoms with Crippen molar-refractivity contribution in [3.8, 4) is 0 Å². The molecule has 52 heavy (non-hydrogen) atoms. The topological polar surface area (TPSA) is 147 Å². The Morgan fingerprint density at radius 1 is 0.673 bits per heavy atom. The number of pyridine rings is 2. The Bertz CT molecular complexity index is 1900. The van der Waals surface area contributed by atoms with Crippen LogP contribution < -0.4 is 18.9 Å². The minimum Gasteiger partial charge on any atom is -0.726 e. The van der Waals surface area contributed by atoms with Gasteiger partial charge in [0, 0.05) is 74.5 Å². The van der Waals surface area contributed by atoms with Gasteiger partial charge in [0.25, 0.3) is 0 Å². The SMILES string of the molecule is CCCCC(CN(C)c1ccc(/C=C/c2cccc[n+]2C)cc1)N(C)c1ccc(/C=C/c2cccc[n+]2C)cc1.COS(=O)(=O)[O-].COS(=O)(=O)[O-]. The predicted molar refractivity (Wildman–Crippen MR) is 204 cm³/mol. The van der Waals surface area contributed by atoms with Gasteiger partial charge in [-0.05, 0) is 66.1 Å². The Labute approximate surface area is 309 Å². The van der Waals surface area contributed by atoms with E-state index in [0.29, 0.717) is 6.04 Å². The fraction of sp³-hybridized carbons (Fsp3) is 0.316. The van der Waals surface area contributed by atoms with Crippen molar-refractivity contribution in [2.75, 3.05) is 44.7 Å². The van der Waals surface area contributed by atoms with Gasteiger partial charge in [0.1, 0.15) is 14.1 Å². The van der Waals surface area contributed by atoms with E-state index in [4.69, 9.17) is 0 Å². The van der Waals surface area contributed by atoms with E-state index in [1.165, 1.54) is 53.2 Å². The van der Waals surface area contributed by atoms with Crippen molar-refractivity contribution >= 4 is 56.5 Å². The molecule has 2 aromatic heterocycles. The van der Waals surface area contributed by atoms with Crippen molar-refractivity contribution in [3.63, 3.8) is 0 Å². The zero-order chi connectivity index (χ0) is 38.7. The number of aryl methyl sites for hydroxylation is 2. The van der Waals surface area contributed by atoms with Crippen LogP contribution in [0.2, 0.25) is 0 Å². The third-order valence-corrected chi connectivity index (χ3v) is 8.87. The first-order valence-corrected chi connectivity index (χ1v) is 19.2. The molecule has 0 saturated heterocycles. The minimum atomic E-state index is -4.41. The minimum absolute atomic E-state index is 0.423. The highest BCUT2D eigenvalue weighted by atomic mass is 32.3. The lowest BCUT2D eigenvalue weighted by Crippen LogP contribution is -2.41. The van der Waals surface area contributed by atoms with E-state index < -0.39 is 20.8 Å². The summed E-state index contributed by atoms with van der Waals surface area (Å²) in [4.78, 5) is 4.84. The van der Waals surface area contributed by atoms with Gasteiger partial charge in [-0.25, -0.2) is 26.0 Å². The van der Waals surface area contributed by atoms with Crippen LogP contribution in [0.5, 0.6) is 0 Å². The number of hydrogen-bond acceptors (Lipinski definition) is 10. The molecule has 4 rings (SSSR count). The maximum atomic E-state index is 9.22. The number of anilines is 2. The summed E-state index contributed by atoms with van der Waals surface area (Å²) < 4.78 is 66.3. The van der Waals surface area contributed by atoms with Crippen LogP contribution in [-0.4, -0.2) is 66.8 Å². The van der Waals surface area contributed by atoms with Crippen LogP contribution in [0.4, 0.5) is 11.4 Å². The molecule has 0 aliphatic rings. The van der Waals surface area contributed by atoms with E-state index in [1.807, 2.05) is 12.1 Å². The molecule has 0 N–H and O–H groups in total. The van der Waals surface area contributed by atoms with Crippen LogP contribution in [0.3, 0.4) is 0 Å². The molecule has 4 aromatic rings. The van der Waals surface area contributed by atoms with Gasteiger partial charge in [-0.2, -0.15) is 0 Å².